The molecule has 0 fully saturated rings. The summed E-state index contributed by atoms with van der Waals surface area (Å²) in [6.07, 6.45) is 0. The summed E-state index contributed by atoms with van der Waals surface area (Å²) in [6.45, 7) is 4.95. The van der Waals surface area contributed by atoms with Gasteiger partial charge in [0.1, 0.15) is 16.5 Å². The van der Waals surface area contributed by atoms with Gasteiger partial charge in [0, 0.05) is 31.1 Å². The Morgan fingerprint density at radius 3 is 2.52 bits per heavy atom. The lowest BCUT2D eigenvalue weighted by molar-refractivity contribution is 0.391. The molecule has 0 aliphatic heterocycles. The van der Waals surface area contributed by atoms with E-state index >= 15 is 0 Å². The van der Waals surface area contributed by atoms with Gasteiger partial charge in [-0.1, -0.05) is 25.2 Å². The molecule has 0 atom stereocenters. The Hall–Kier alpha value is -1.82. The molecule has 0 aliphatic carbocycles. The summed E-state index contributed by atoms with van der Waals surface area (Å²) in [6, 6.07) is 5.84. The third kappa shape index (κ3) is 3.64. The van der Waals surface area contributed by atoms with Crippen LogP contribution in [0.5, 0.6) is 11.5 Å². The first-order valence-electron chi connectivity index (χ1n) is 6.80. The first-order chi connectivity index (χ1) is 10.0. The summed E-state index contributed by atoms with van der Waals surface area (Å²) < 4.78 is 10.6. The number of aromatic nitrogens is 2. The number of ether oxygens (including phenoxy) is 2. The molecule has 1 aromatic heterocycles. The molecule has 0 amide bonds. The van der Waals surface area contributed by atoms with Crippen LogP contribution in [-0.2, 0) is 6.54 Å². The summed E-state index contributed by atoms with van der Waals surface area (Å²) in [4.78, 5) is 2.08. The molecule has 114 valence electrons. The highest BCUT2D eigenvalue weighted by atomic mass is 32.1. The predicted molar refractivity (Wildman–Crippen MR) is 85.7 cm³/mol. The average molecular weight is 307 g/mol. The lowest BCUT2D eigenvalue weighted by atomic mass is 10.2. The van der Waals surface area contributed by atoms with Crippen molar-refractivity contribution in [2.75, 3.05) is 26.2 Å². The maximum atomic E-state index is 5.43. The molecule has 2 aromatic rings. The predicted octanol–water partition coefficient (Wildman–Crippen LogP) is 3.32. The molecule has 0 unspecified atom stereocenters. The smallest absolute Gasteiger partial charge is 0.208 e. The fraction of sp³-hybridized carbons (Fsp3) is 0.467. The van der Waals surface area contributed by atoms with Gasteiger partial charge < -0.3 is 14.4 Å². The van der Waals surface area contributed by atoms with Crippen LogP contribution in [0.4, 0.5) is 5.13 Å². The van der Waals surface area contributed by atoms with Crippen LogP contribution >= 0.6 is 11.3 Å². The van der Waals surface area contributed by atoms with E-state index in [-0.39, 0.29) is 0 Å². The number of benzene rings is 1. The van der Waals surface area contributed by atoms with Crippen LogP contribution in [0.2, 0.25) is 0 Å². The highest BCUT2D eigenvalue weighted by Gasteiger charge is 2.13. The molecular weight excluding hydrogens is 286 g/mol. The average Bonchev–Trinajstić information content (AvgIpc) is 2.97. The zero-order valence-corrected chi connectivity index (χ0v) is 13.9. The van der Waals surface area contributed by atoms with Crippen LogP contribution < -0.4 is 14.4 Å². The van der Waals surface area contributed by atoms with E-state index in [2.05, 4.69) is 28.9 Å². The molecular formula is C15H21N3O2S. The Kier molecular flexibility index (Phi) is 5.01. The minimum absolute atomic E-state index is 0.403. The highest BCUT2D eigenvalue weighted by Crippen LogP contribution is 2.29. The van der Waals surface area contributed by atoms with E-state index in [0.717, 1.165) is 27.2 Å². The number of nitrogens with zero attached hydrogens (tertiary/aromatic N) is 3. The first kappa shape index (κ1) is 15.6. The molecule has 0 N–H and O–H groups in total. The number of methoxy groups -OCH3 is 2. The van der Waals surface area contributed by atoms with Crippen molar-refractivity contribution in [1.82, 2.24) is 10.2 Å². The SMILES string of the molecule is COc1ccc(CN(C)c2nnc(C(C)C)s2)c(OC)c1. The van der Waals surface area contributed by atoms with Crippen molar-refractivity contribution in [1.29, 1.82) is 0 Å². The van der Waals surface area contributed by atoms with Crippen LogP contribution in [0.1, 0.15) is 30.3 Å². The summed E-state index contributed by atoms with van der Waals surface area (Å²) >= 11 is 1.63. The van der Waals surface area contributed by atoms with Crippen molar-refractivity contribution in [3.05, 3.63) is 28.8 Å². The largest absolute Gasteiger partial charge is 0.497 e. The van der Waals surface area contributed by atoms with E-state index in [1.54, 1.807) is 25.6 Å². The molecule has 0 saturated carbocycles. The summed E-state index contributed by atoms with van der Waals surface area (Å²) in [7, 11) is 5.32. The van der Waals surface area contributed by atoms with Crippen LogP contribution in [0.25, 0.3) is 0 Å². The first-order valence-corrected chi connectivity index (χ1v) is 7.62. The topological polar surface area (TPSA) is 47.5 Å². The van der Waals surface area contributed by atoms with E-state index in [1.807, 2.05) is 25.2 Å². The molecule has 0 saturated heterocycles. The number of hydrogen-bond donors (Lipinski definition) is 0. The Morgan fingerprint density at radius 1 is 1.19 bits per heavy atom. The van der Waals surface area contributed by atoms with Gasteiger partial charge in [0.15, 0.2) is 0 Å². The van der Waals surface area contributed by atoms with E-state index in [9.17, 15) is 0 Å². The Morgan fingerprint density at radius 2 is 1.95 bits per heavy atom. The van der Waals surface area contributed by atoms with Gasteiger partial charge in [-0.25, -0.2) is 0 Å². The minimum Gasteiger partial charge on any atom is -0.497 e. The monoisotopic (exact) mass is 307 g/mol. The van der Waals surface area contributed by atoms with Gasteiger partial charge in [0.05, 0.1) is 14.2 Å². The quantitative estimate of drug-likeness (QED) is 0.819. The third-order valence-corrected chi connectivity index (χ3v) is 4.49. The van der Waals surface area contributed by atoms with Gasteiger partial charge in [0.2, 0.25) is 5.13 Å². The molecule has 0 radical (unpaired) electrons. The van der Waals surface area contributed by atoms with Gasteiger partial charge in [-0.2, -0.15) is 0 Å². The standard InChI is InChI=1S/C15H21N3O2S/c1-10(2)14-16-17-15(21-14)18(3)9-11-6-7-12(19-4)8-13(11)20-5/h6-8,10H,9H2,1-5H3. The molecule has 21 heavy (non-hydrogen) atoms. The van der Waals surface area contributed by atoms with Crippen LogP contribution in [0.15, 0.2) is 18.2 Å². The maximum Gasteiger partial charge on any atom is 0.208 e. The van der Waals surface area contributed by atoms with Crippen LogP contribution in [-0.4, -0.2) is 31.5 Å². The molecule has 1 aromatic carbocycles. The van der Waals surface area contributed by atoms with Crippen molar-refractivity contribution < 1.29 is 9.47 Å². The lowest BCUT2D eigenvalue weighted by Gasteiger charge is -2.17. The number of rotatable bonds is 6. The van der Waals surface area contributed by atoms with Crippen molar-refractivity contribution in [2.45, 2.75) is 26.3 Å². The fourth-order valence-corrected chi connectivity index (χ4v) is 2.73. The van der Waals surface area contributed by atoms with Crippen LogP contribution in [0, 0.1) is 0 Å². The van der Waals surface area contributed by atoms with Crippen molar-refractivity contribution in [3.63, 3.8) is 0 Å². The second-order valence-electron chi connectivity index (χ2n) is 5.11. The van der Waals surface area contributed by atoms with Crippen molar-refractivity contribution in [3.8, 4) is 11.5 Å². The molecule has 1 heterocycles. The molecule has 6 heteroatoms. The van der Waals surface area contributed by atoms with Gasteiger partial charge in [-0.05, 0) is 12.1 Å². The van der Waals surface area contributed by atoms with Crippen LogP contribution in [0.3, 0.4) is 0 Å². The number of hydrogen-bond acceptors (Lipinski definition) is 6. The van der Waals surface area contributed by atoms with Crippen molar-refractivity contribution in [2.24, 2.45) is 0 Å². The van der Waals surface area contributed by atoms with E-state index in [4.69, 9.17) is 9.47 Å². The Balaban J connectivity index is 2.16. The Labute approximate surface area is 129 Å². The molecule has 0 spiro atoms. The van der Waals surface area contributed by atoms with E-state index in [0.29, 0.717) is 12.5 Å². The summed E-state index contributed by atoms with van der Waals surface area (Å²) in [5, 5.41) is 10.4. The second kappa shape index (κ2) is 6.76. The van der Waals surface area contributed by atoms with Gasteiger partial charge in [-0.3, -0.25) is 0 Å². The molecule has 0 bridgehead atoms. The fourth-order valence-electron chi connectivity index (χ4n) is 1.92. The van der Waals surface area contributed by atoms with Crippen molar-refractivity contribution >= 4 is 16.5 Å². The zero-order valence-electron chi connectivity index (χ0n) is 13.1. The number of anilines is 1. The van der Waals surface area contributed by atoms with Gasteiger partial charge in [-0.15, -0.1) is 10.2 Å². The summed E-state index contributed by atoms with van der Waals surface area (Å²) in [5.74, 6) is 2.01. The maximum absolute atomic E-state index is 5.43. The van der Waals surface area contributed by atoms with E-state index in [1.165, 1.54) is 0 Å². The zero-order chi connectivity index (χ0) is 15.4. The van der Waals surface area contributed by atoms with E-state index < -0.39 is 0 Å². The Bertz CT molecular complexity index is 598. The second-order valence-corrected chi connectivity index (χ2v) is 6.10. The molecule has 0 aliphatic rings. The molecule has 2 rings (SSSR count). The normalized spacial score (nSPS) is 10.8. The summed E-state index contributed by atoms with van der Waals surface area (Å²) in [5.41, 5.74) is 1.09. The highest BCUT2D eigenvalue weighted by molar-refractivity contribution is 7.15. The third-order valence-electron chi connectivity index (χ3n) is 3.15. The lowest BCUT2D eigenvalue weighted by Crippen LogP contribution is -2.16. The van der Waals surface area contributed by atoms with Gasteiger partial charge in [0.25, 0.3) is 0 Å². The molecule has 5 nitrogen and oxygen atoms in total. The minimum atomic E-state index is 0.403. The van der Waals surface area contributed by atoms with Gasteiger partial charge >= 0.3 is 0 Å².